The lowest BCUT2D eigenvalue weighted by Gasteiger charge is -2.03. The highest BCUT2D eigenvalue weighted by molar-refractivity contribution is 5.85. The lowest BCUT2D eigenvalue weighted by Crippen LogP contribution is -1.94. The zero-order chi connectivity index (χ0) is 26.5. The first-order valence-corrected chi connectivity index (χ1v) is 13.7. The van der Waals surface area contributed by atoms with Crippen molar-refractivity contribution < 1.29 is 0 Å². The minimum Gasteiger partial charge on any atom is -0.354 e. The van der Waals surface area contributed by atoms with Crippen LogP contribution in [0.25, 0.3) is 46.4 Å². The quantitative estimate of drug-likeness (QED) is 0.168. The highest BCUT2D eigenvalue weighted by atomic mass is 14.8. The molecular weight excluding hydrogens is 464 g/mol. The van der Waals surface area contributed by atoms with Gasteiger partial charge in [0.05, 0.1) is 44.9 Å². The number of aromatic nitrogens is 4. The molecule has 0 saturated heterocycles. The zero-order valence-electron chi connectivity index (χ0n) is 22.3. The summed E-state index contributed by atoms with van der Waals surface area (Å²) >= 11 is 0. The fraction of sp³-hybridized carbons (Fsp3) is 0.294. The van der Waals surface area contributed by atoms with E-state index in [9.17, 15) is 0 Å². The molecule has 3 aromatic rings. The van der Waals surface area contributed by atoms with Gasteiger partial charge in [0.2, 0.25) is 0 Å². The van der Waals surface area contributed by atoms with E-state index in [4.69, 9.17) is 22.8 Å². The molecule has 5 heterocycles. The van der Waals surface area contributed by atoms with Crippen LogP contribution in [0.1, 0.15) is 97.4 Å². The molecule has 0 aromatic carbocycles. The molecule has 0 radical (unpaired) electrons. The number of hydrogen-bond acceptors (Lipinski definition) is 2. The zero-order valence-corrected chi connectivity index (χ0v) is 22.3. The number of unbranched alkanes of at least 4 members (excludes halogenated alkanes) is 4. The Bertz CT molecular complexity index is 1550. The van der Waals surface area contributed by atoms with Gasteiger partial charge in [0.1, 0.15) is 0 Å². The van der Waals surface area contributed by atoms with E-state index in [1.807, 2.05) is 12.2 Å². The van der Waals surface area contributed by atoms with Crippen molar-refractivity contribution in [2.45, 2.75) is 65.2 Å². The van der Waals surface area contributed by atoms with Gasteiger partial charge < -0.3 is 9.97 Å². The molecular formula is C34H34N4. The first-order chi connectivity index (χ1) is 18.7. The van der Waals surface area contributed by atoms with Crippen LogP contribution >= 0.6 is 0 Å². The van der Waals surface area contributed by atoms with Gasteiger partial charge in [-0.25, -0.2) is 9.97 Å². The molecule has 0 aliphatic carbocycles. The number of fused-ring (bicyclic) bond motifs is 8. The second kappa shape index (κ2) is 11.4. The van der Waals surface area contributed by atoms with Crippen molar-refractivity contribution in [2.24, 2.45) is 0 Å². The van der Waals surface area contributed by atoms with Crippen LogP contribution < -0.4 is 0 Å². The van der Waals surface area contributed by atoms with E-state index >= 15 is 0 Å². The molecule has 5 rings (SSSR count). The van der Waals surface area contributed by atoms with Crippen molar-refractivity contribution in [1.29, 1.82) is 0 Å². The maximum absolute atomic E-state index is 6.06. The highest BCUT2D eigenvalue weighted by Crippen LogP contribution is 2.28. The lowest BCUT2D eigenvalue weighted by atomic mass is 10.1. The Morgan fingerprint density at radius 1 is 0.579 bits per heavy atom. The number of nitrogens with zero attached hydrogens (tertiary/aromatic N) is 2. The molecule has 0 spiro atoms. The monoisotopic (exact) mass is 498 g/mol. The number of rotatable bonds is 8. The molecule has 0 unspecified atom stereocenters. The summed E-state index contributed by atoms with van der Waals surface area (Å²) in [6.45, 7) is 4.44. The molecule has 8 bridgehead atoms. The topological polar surface area (TPSA) is 57.4 Å². The van der Waals surface area contributed by atoms with Crippen molar-refractivity contribution in [1.82, 2.24) is 19.9 Å². The molecule has 0 atom stereocenters. The number of aryl methyl sites for hydroxylation is 2. The summed E-state index contributed by atoms with van der Waals surface area (Å²) in [6, 6.07) is 8.37. The average Bonchev–Trinajstić information content (AvgIpc) is 3.74. The van der Waals surface area contributed by atoms with Crippen LogP contribution in [0.2, 0.25) is 0 Å². The van der Waals surface area contributed by atoms with E-state index in [-0.39, 0.29) is 0 Å². The van der Waals surface area contributed by atoms with Crippen LogP contribution in [0, 0.1) is 24.7 Å². The van der Waals surface area contributed by atoms with Gasteiger partial charge in [-0.3, -0.25) is 0 Å². The van der Waals surface area contributed by atoms with Crippen molar-refractivity contribution in [3.63, 3.8) is 0 Å². The van der Waals surface area contributed by atoms with Crippen LogP contribution in [0.4, 0.5) is 0 Å². The molecule has 190 valence electrons. The van der Waals surface area contributed by atoms with E-state index < -0.39 is 0 Å². The molecule has 4 nitrogen and oxygen atoms in total. The van der Waals surface area contributed by atoms with E-state index in [1.54, 1.807) is 0 Å². The number of hydrogen-bond donors (Lipinski definition) is 2. The molecule has 2 aliphatic rings. The second-order valence-electron chi connectivity index (χ2n) is 9.91. The fourth-order valence-corrected chi connectivity index (χ4v) is 5.26. The van der Waals surface area contributed by atoms with Crippen LogP contribution in [-0.4, -0.2) is 19.9 Å². The average molecular weight is 499 g/mol. The first kappa shape index (κ1) is 25.4. The van der Waals surface area contributed by atoms with Gasteiger partial charge in [0, 0.05) is 22.2 Å². The number of nitrogens with one attached hydrogen (secondary N) is 2. The third kappa shape index (κ3) is 4.96. The van der Waals surface area contributed by atoms with Gasteiger partial charge in [0.25, 0.3) is 0 Å². The SMILES string of the molecule is C#Cc1c2nc(c(CCCCC)c3ccc([nH]3)c(C#C)c3ccc([nH]3)c(CCCCC)c3nc1C=C3)C=C2. The van der Waals surface area contributed by atoms with Crippen LogP contribution in [0.15, 0.2) is 24.3 Å². The second-order valence-corrected chi connectivity index (χ2v) is 9.91. The Hall–Kier alpha value is -4.28. The normalized spacial score (nSPS) is 12.0. The maximum Gasteiger partial charge on any atom is 0.0816 e. The molecule has 0 amide bonds. The van der Waals surface area contributed by atoms with Crippen molar-refractivity contribution in [3.05, 3.63) is 69.3 Å². The first-order valence-electron chi connectivity index (χ1n) is 13.7. The lowest BCUT2D eigenvalue weighted by molar-refractivity contribution is 0.717. The van der Waals surface area contributed by atoms with Crippen LogP contribution in [-0.2, 0) is 12.8 Å². The predicted octanol–water partition coefficient (Wildman–Crippen LogP) is 8.08. The minimum absolute atomic E-state index is 0.720. The van der Waals surface area contributed by atoms with Crippen LogP contribution in [0.5, 0.6) is 0 Å². The summed E-state index contributed by atoms with van der Waals surface area (Å²) < 4.78 is 0. The van der Waals surface area contributed by atoms with Crippen molar-refractivity contribution in [2.75, 3.05) is 0 Å². The van der Waals surface area contributed by atoms with E-state index in [1.165, 1.54) is 11.1 Å². The number of aromatic amines is 2. The Morgan fingerprint density at radius 3 is 1.42 bits per heavy atom. The summed E-state index contributed by atoms with van der Waals surface area (Å²) in [6.07, 6.45) is 28.9. The fourth-order valence-electron chi connectivity index (χ4n) is 5.26. The Labute approximate surface area is 225 Å². The molecule has 0 saturated carbocycles. The van der Waals surface area contributed by atoms with Crippen molar-refractivity contribution >= 4 is 46.4 Å². The van der Waals surface area contributed by atoms with E-state index in [0.717, 1.165) is 107 Å². The Balaban J connectivity index is 1.87. The number of H-pyrrole nitrogens is 2. The standard InChI is InChI=1S/C34H34N4/c1-5-9-11-13-25-31-19-15-27(35-31)23(7-3)29-17-21-33(37-29)26(14-12-10-6-2)34-22-18-30(38-34)24(8-4)28-16-20-32(25)36-28/h3-4,15-22,35,37H,5-6,9-14H2,1-2H3. The van der Waals surface area contributed by atoms with Gasteiger partial charge in [-0.2, -0.15) is 0 Å². The largest absolute Gasteiger partial charge is 0.354 e. The predicted molar refractivity (Wildman–Crippen MR) is 161 cm³/mol. The van der Waals surface area contributed by atoms with Crippen molar-refractivity contribution in [3.8, 4) is 24.7 Å². The third-order valence-corrected chi connectivity index (χ3v) is 7.32. The van der Waals surface area contributed by atoms with Gasteiger partial charge in [-0.15, -0.1) is 12.8 Å². The van der Waals surface area contributed by atoms with Crippen LogP contribution in [0.3, 0.4) is 0 Å². The van der Waals surface area contributed by atoms with E-state index in [2.05, 4.69) is 72.1 Å². The van der Waals surface area contributed by atoms with Gasteiger partial charge in [-0.1, -0.05) is 51.4 Å². The summed E-state index contributed by atoms with van der Waals surface area (Å²) in [5, 5.41) is 0. The van der Waals surface area contributed by atoms with E-state index in [0.29, 0.717) is 0 Å². The summed E-state index contributed by atoms with van der Waals surface area (Å²) in [5.74, 6) is 5.80. The van der Waals surface area contributed by atoms with Gasteiger partial charge in [0.15, 0.2) is 0 Å². The number of terminal acetylenes is 2. The molecule has 38 heavy (non-hydrogen) atoms. The maximum atomic E-state index is 6.06. The molecule has 4 heteroatoms. The summed E-state index contributed by atoms with van der Waals surface area (Å²) in [5.41, 5.74) is 11.2. The molecule has 0 fully saturated rings. The smallest absolute Gasteiger partial charge is 0.0816 e. The molecule has 2 N–H and O–H groups in total. The minimum atomic E-state index is 0.720. The third-order valence-electron chi connectivity index (χ3n) is 7.32. The molecule has 2 aliphatic heterocycles. The van der Waals surface area contributed by atoms with Gasteiger partial charge in [-0.05, 0) is 74.3 Å². The summed E-state index contributed by atoms with van der Waals surface area (Å²) in [4.78, 5) is 17.2. The molecule has 3 aromatic heterocycles. The summed E-state index contributed by atoms with van der Waals surface area (Å²) in [7, 11) is 0. The van der Waals surface area contributed by atoms with Gasteiger partial charge >= 0.3 is 0 Å². The highest BCUT2D eigenvalue weighted by Gasteiger charge is 2.15. The Morgan fingerprint density at radius 2 is 1.00 bits per heavy atom. The Kier molecular flexibility index (Phi) is 7.62.